The molecule has 1 spiro atoms. The predicted molar refractivity (Wildman–Crippen MR) is 84.5 cm³/mol. The van der Waals surface area contributed by atoms with Crippen LogP contribution in [-0.2, 0) is 12.8 Å². The number of ketones is 2. The summed E-state index contributed by atoms with van der Waals surface area (Å²) < 4.78 is 10.6. The minimum atomic E-state index is -0.983. The summed E-state index contributed by atoms with van der Waals surface area (Å²) in [6.07, 6.45) is 0.898. The predicted octanol–water partition coefficient (Wildman–Crippen LogP) is 2.87. The Bertz CT molecular complexity index is 852. The van der Waals surface area contributed by atoms with Gasteiger partial charge < -0.3 is 9.47 Å². The van der Waals surface area contributed by atoms with E-state index in [9.17, 15) is 9.59 Å². The van der Waals surface area contributed by atoms with Gasteiger partial charge in [-0.3, -0.25) is 9.59 Å². The maximum atomic E-state index is 13.1. The Morgan fingerprint density at radius 2 is 1.43 bits per heavy atom. The molecule has 0 saturated heterocycles. The van der Waals surface area contributed by atoms with E-state index in [0.717, 1.165) is 11.1 Å². The van der Waals surface area contributed by atoms with Crippen LogP contribution in [0.25, 0.3) is 0 Å². The van der Waals surface area contributed by atoms with Crippen molar-refractivity contribution in [1.82, 2.24) is 0 Å². The van der Waals surface area contributed by atoms with Gasteiger partial charge >= 0.3 is 0 Å². The molecule has 0 fully saturated rings. The summed E-state index contributed by atoms with van der Waals surface area (Å²) in [5.41, 5.74) is 2.08. The van der Waals surface area contributed by atoms with Crippen LogP contribution >= 0.6 is 0 Å². The Kier molecular flexibility index (Phi) is 2.85. The first-order valence-corrected chi connectivity index (χ1v) is 7.53. The van der Waals surface area contributed by atoms with Crippen molar-refractivity contribution < 1.29 is 19.1 Å². The summed E-state index contributed by atoms with van der Waals surface area (Å²) >= 11 is 0. The van der Waals surface area contributed by atoms with Gasteiger partial charge in [0.2, 0.25) is 0 Å². The number of fused-ring (bicyclic) bond motifs is 2. The van der Waals surface area contributed by atoms with Crippen LogP contribution in [0.3, 0.4) is 0 Å². The topological polar surface area (TPSA) is 52.6 Å². The third-order valence-corrected chi connectivity index (χ3v) is 4.97. The summed E-state index contributed by atoms with van der Waals surface area (Å²) in [6.45, 7) is 0. The fourth-order valence-electron chi connectivity index (χ4n) is 3.83. The molecule has 0 N–H and O–H groups in total. The number of Topliss-reactive ketones (excluding diaryl/α,β-unsaturated/α-hetero) is 2. The molecule has 0 radical (unpaired) electrons. The Morgan fingerprint density at radius 1 is 0.826 bits per heavy atom. The van der Waals surface area contributed by atoms with Crippen LogP contribution in [0, 0.1) is 5.41 Å². The third kappa shape index (κ3) is 1.72. The maximum absolute atomic E-state index is 13.1. The number of hydrogen-bond acceptors (Lipinski definition) is 4. The zero-order chi connectivity index (χ0) is 16.2. The highest BCUT2D eigenvalue weighted by Crippen LogP contribution is 2.49. The number of benzene rings is 2. The molecule has 0 aromatic heterocycles. The molecule has 0 saturated carbocycles. The summed E-state index contributed by atoms with van der Waals surface area (Å²) in [7, 11) is 3.10. The first-order valence-electron chi connectivity index (χ1n) is 7.53. The van der Waals surface area contributed by atoms with Crippen LogP contribution in [-0.4, -0.2) is 25.8 Å². The first-order chi connectivity index (χ1) is 11.1. The zero-order valence-corrected chi connectivity index (χ0v) is 13.0. The van der Waals surface area contributed by atoms with Crippen molar-refractivity contribution >= 4 is 11.6 Å². The van der Waals surface area contributed by atoms with Gasteiger partial charge in [0.05, 0.1) is 14.2 Å². The van der Waals surface area contributed by atoms with E-state index in [4.69, 9.17) is 9.47 Å². The molecule has 4 rings (SSSR count). The van der Waals surface area contributed by atoms with Gasteiger partial charge in [-0.1, -0.05) is 24.3 Å². The molecule has 0 heterocycles. The molecule has 116 valence electrons. The van der Waals surface area contributed by atoms with Crippen molar-refractivity contribution in [1.29, 1.82) is 0 Å². The first kappa shape index (κ1) is 14.0. The van der Waals surface area contributed by atoms with E-state index in [0.29, 0.717) is 35.5 Å². The number of carbonyl (C=O) groups excluding carboxylic acids is 2. The molecule has 2 aromatic rings. The van der Waals surface area contributed by atoms with Gasteiger partial charge in [-0.15, -0.1) is 0 Å². The zero-order valence-electron chi connectivity index (χ0n) is 13.0. The van der Waals surface area contributed by atoms with Crippen LogP contribution in [0.4, 0.5) is 0 Å². The van der Waals surface area contributed by atoms with E-state index >= 15 is 0 Å². The van der Waals surface area contributed by atoms with Crippen molar-refractivity contribution in [2.75, 3.05) is 14.2 Å². The van der Waals surface area contributed by atoms with Crippen LogP contribution < -0.4 is 9.47 Å². The lowest BCUT2D eigenvalue weighted by atomic mass is 9.80. The maximum Gasteiger partial charge on any atom is 0.177 e. The molecule has 2 aliphatic rings. The van der Waals surface area contributed by atoms with Gasteiger partial charge in [-0.05, 0) is 36.1 Å². The minimum absolute atomic E-state index is 0.0627. The highest BCUT2D eigenvalue weighted by Gasteiger charge is 2.55. The standard InChI is InChI=1S/C19H16O4/c1-22-15-7-12-10-19(18(21)14(12)8-16(15)23-2)9-11-5-3-4-6-13(11)17(19)20/h3-8H,9-10H2,1-2H3/t19-/m1/s1. The fourth-order valence-corrected chi connectivity index (χ4v) is 3.83. The fraction of sp³-hybridized carbons (Fsp3) is 0.263. The van der Waals surface area contributed by atoms with Gasteiger partial charge in [0.25, 0.3) is 0 Å². The molecule has 4 heteroatoms. The average Bonchev–Trinajstić information content (AvgIpc) is 3.02. The lowest BCUT2D eigenvalue weighted by Gasteiger charge is -2.18. The number of carbonyl (C=O) groups is 2. The second-order valence-electron chi connectivity index (χ2n) is 6.12. The van der Waals surface area contributed by atoms with Crippen molar-refractivity contribution in [3.63, 3.8) is 0 Å². The van der Waals surface area contributed by atoms with E-state index in [-0.39, 0.29) is 11.6 Å². The molecule has 0 bridgehead atoms. The van der Waals surface area contributed by atoms with Crippen molar-refractivity contribution in [3.05, 3.63) is 58.7 Å². The highest BCUT2D eigenvalue weighted by molar-refractivity contribution is 6.24. The largest absolute Gasteiger partial charge is 0.493 e. The minimum Gasteiger partial charge on any atom is -0.493 e. The molecule has 0 aliphatic heterocycles. The number of ether oxygens (including phenoxy) is 2. The van der Waals surface area contributed by atoms with Crippen LogP contribution in [0.15, 0.2) is 36.4 Å². The van der Waals surface area contributed by atoms with Gasteiger partial charge in [0.15, 0.2) is 23.1 Å². The summed E-state index contributed by atoms with van der Waals surface area (Å²) in [5, 5.41) is 0. The molecule has 23 heavy (non-hydrogen) atoms. The van der Waals surface area contributed by atoms with Crippen LogP contribution in [0.5, 0.6) is 11.5 Å². The van der Waals surface area contributed by atoms with Crippen molar-refractivity contribution in [2.45, 2.75) is 12.8 Å². The molecular formula is C19H16O4. The number of methoxy groups -OCH3 is 2. The van der Waals surface area contributed by atoms with E-state index in [2.05, 4.69) is 0 Å². The molecular weight excluding hydrogens is 292 g/mol. The second-order valence-corrected chi connectivity index (χ2v) is 6.12. The normalized spacial score (nSPS) is 21.5. The van der Waals surface area contributed by atoms with Crippen LogP contribution in [0.2, 0.25) is 0 Å². The Morgan fingerprint density at radius 3 is 2.13 bits per heavy atom. The summed E-state index contributed by atoms with van der Waals surface area (Å²) in [5.74, 6) is 0.931. The van der Waals surface area contributed by atoms with Gasteiger partial charge in [0, 0.05) is 11.1 Å². The summed E-state index contributed by atoms with van der Waals surface area (Å²) in [4.78, 5) is 26.0. The van der Waals surface area contributed by atoms with E-state index in [1.54, 1.807) is 13.2 Å². The van der Waals surface area contributed by atoms with Gasteiger partial charge in [-0.2, -0.15) is 0 Å². The lowest BCUT2D eigenvalue weighted by molar-refractivity contribution is 0.0705. The molecule has 2 aliphatic carbocycles. The quantitative estimate of drug-likeness (QED) is 0.801. The van der Waals surface area contributed by atoms with Crippen molar-refractivity contribution in [2.24, 2.45) is 5.41 Å². The molecule has 0 amide bonds. The molecule has 4 nitrogen and oxygen atoms in total. The number of rotatable bonds is 2. The van der Waals surface area contributed by atoms with E-state index in [1.165, 1.54) is 7.11 Å². The Balaban J connectivity index is 1.84. The smallest absolute Gasteiger partial charge is 0.177 e. The summed E-state index contributed by atoms with van der Waals surface area (Å²) in [6, 6.07) is 11.0. The SMILES string of the molecule is COc1cc2c(cc1OC)C(=O)[C@]1(Cc3ccccc3C1=O)C2. The third-order valence-electron chi connectivity index (χ3n) is 4.97. The molecule has 1 atom stereocenters. The monoisotopic (exact) mass is 308 g/mol. The highest BCUT2D eigenvalue weighted by atomic mass is 16.5. The van der Waals surface area contributed by atoms with Crippen molar-refractivity contribution in [3.8, 4) is 11.5 Å². The molecule has 2 aromatic carbocycles. The Hall–Kier alpha value is -2.62. The van der Waals surface area contributed by atoms with Gasteiger partial charge in [-0.25, -0.2) is 0 Å². The second kappa shape index (κ2) is 4.69. The lowest BCUT2D eigenvalue weighted by Crippen LogP contribution is -2.34. The average molecular weight is 308 g/mol. The van der Waals surface area contributed by atoms with Crippen LogP contribution in [0.1, 0.15) is 31.8 Å². The van der Waals surface area contributed by atoms with E-state index < -0.39 is 5.41 Å². The Labute approximate surface area is 134 Å². The number of hydrogen-bond donors (Lipinski definition) is 0. The molecule has 0 unspecified atom stereocenters. The van der Waals surface area contributed by atoms with Gasteiger partial charge in [0.1, 0.15) is 5.41 Å². The van der Waals surface area contributed by atoms with E-state index in [1.807, 2.05) is 30.3 Å².